The Labute approximate surface area is 161 Å². The summed E-state index contributed by atoms with van der Waals surface area (Å²) < 4.78 is 2.02. The van der Waals surface area contributed by atoms with Crippen molar-refractivity contribution in [2.75, 3.05) is 19.6 Å². The molecular weight excluding hydrogens is 348 g/mol. The van der Waals surface area contributed by atoms with Gasteiger partial charge in [-0.1, -0.05) is 18.2 Å². The number of amides is 1. The normalized spacial score (nSPS) is 17.5. The van der Waals surface area contributed by atoms with E-state index in [9.17, 15) is 4.79 Å². The molecular formula is C20H27ClN4O. The SMILES string of the molecule is Cl.O=C(CCC1CCNCC1)N1CCc2c(cnn2-c2ccccc2)C1. The van der Waals surface area contributed by atoms with Gasteiger partial charge in [-0.15, -0.1) is 12.4 Å². The number of nitrogens with zero attached hydrogens (tertiary/aromatic N) is 3. The molecule has 0 unspecified atom stereocenters. The number of piperidine rings is 1. The maximum absolute atomic E-state index is 12.6. The van der Waals surface area contributed by atoms with Gasteiger partial charge in [-0.3, -0.25) is 4.79 Å². The summed E-state index contributed by atoms with van der Waals surface area (Å²) in [5.74, 6) is 1.02. The van der Waals surface area contributed by atoms with Crippen LogP contribution in [0.4, 0.5) is 0 Å². The van der Waals surface area contributed by atoms with Gasteiger partial charge in [0.25, 0.3) is 0 Å². The van der Waals surface area contributed by atoms with Gasteiger partial charge in [-0.05, 0) is 50.4 Å². The molecule has 1 amide bonds. The van der Waals surface area contributed by atoms with Crippen molar-refractivity contribution in [3.63, 3.8) is 0 Å². The number of nitrogens with one attached hydrogen (secondary N) is 1. The molecule has 140 valence electrons. The van der Waals surface area contributed by atoms with Crippen LogP contribution in [0, 0.1) is 5.92 Å². The highest BCUT2D eigenvalue weighted by molar-refractivity contribution is 5.85. The molecule has 4 rings (SSSR count). The quantitative estimate of drug-likeness (QED) is 0.895. The lowest BCUT2D eigenvalue weighted by Gasteiger charge is -2.29. The molecule has 2 aromatic rings. The van der Waals surface area contributed by atoms with Crippen LogP contribution in [0.5, 0.6) is 0 Å². The second-order valence-corrected chi connectivity index (χ2v) is 7.16. The number of rotatable bonds is 4. The molecule has 2 aliphatic rings. The summed E-state index contributed by atoms with van der Waals surface area (Å²) in [5, 5.41) is 7.94. The van der Waals surface area contributed by atoms with E-state index in [1.165, 1.54) is 24.1 Å². The Hall–Kier alpha value is -1.85. The predicted molar refractivity (Wildman–Crippen MR) is 105 cm³/mol. The van der Waals surface area contributed by atoms with Crippen molar-refractivity contribution in [2.24, 2.45) is 5.92 Å². The molecule has 1 fully saturated rings. The molecule has 26 heavy (non-hydrogen) atoms. The number of halogens is 1. The minimum atomic E-state index is 0. The molecule has 0 aliphatic carbocycles. The van der Waals surface area contributed by atoms with Crippen molar-refractivity contribution < 1.29 is 4.79 Å². The summed E-state index contributed by atoms with van der Waals surface area (Å²) >= 11 is 0. The lowest BCUT2D eigenvalue weighted by atomic mass is 9.93. The molecule has 5 nitrogen and oxygen atoms in total. The number of hydrogen-bond donors (Lipinski definition) is 1. The van der Waals surface area contributed by atoms with Gasteiger partial charge in [0.2, 0.25) is 5.91 Å². The summed E-state index contributed by atoms with van der Waals surface area (Å²) in [6.45, 7) is 3.71. The zero-order valence-corrected chi connectivity index (χ0v) is 15.9. The molecule has 0 radical (unpaired) electrons. The van der Waals surface area contributed by atoms with Gasteiger partial charge >= 0.3 is 0 Å². The first-order valence-electron chi connectivity index (χ1n) is 9.41. The third-order valence-corrected chi connectivity index (χ3v) is 5.51. The standard InChI is InChI=1S/C20H26N4O.ClH/c25-20(7-6-16-8-11-21-12-9-16)23-13-10-19-17(15-23)14-22-24(19)18-4-2-1-3-5-18;/h1-5,14,16,21H,6-13,15H2;1H. The first-order chi connectivity index (χ1) is 12.3. The van der Waals surface area contributed by atoms with Crippen LogP contribution in [-0.2, 0) is 17.8 Å². The lowest BCUT2D eigenvalue weighted by Crippen LogP contribution is -2.36. The van der Waals surface area contributed by atoms with E-state index in [0.717, 1.165) is 38.2 Å². The largest absolute Gasteiger partial charge is 0.338 e. The first-order valence-corrected chi connectivity index (χ1v) is 9.41. The van der Waals surface area contributed by atoms with Crippen molar-refractivity contribution in [1.82, 2.24) is 20.0 Å². The summed E-state index contributed by atoms with van der Waals surface area (Å²) in [4.78, 5) is 14.6. The van der Waals surface area contributed by atoms with Gasteiger partial charge in [0.15, 0.2) is 0 Å². The Morgan fingerprint density at radius 3 is 2.73 bits per heavy atom. The molecule has 1 aromatic heterocycles. The smallest absolute Gasteiger partial charge is 0.222 e. The summed E-state index contributed by atoms with van der Waals surface area (Å²) in [6, 6.07) is 10.2. The van der Waals surface area contributed by atoms with Gasteiger partial charge in [0, 0.05) is 31.5 Å². The molecule has 0 spiro atoms. The molecule has 0 bridgehead atoms. The van der Waals surface area contributed by atoms with Crippen molar-refractivity contribution >= 4 is 18.3 Å². The zero-order chi connectivity index (χ0) is 17.1. The second kappa shape index (κ2) is 8.69. The maximum atomic E-state index is 12.6. The Morgan fingerprint density at radius 2 is 1.96 bits per heavy atom. The number of hydrogen-bond acceptors (Lipinski definition) is 3. The minimum absolute atomic E-state index is 0. The number of carbonyl (C=O) groups excluding carboxylic acids is 1. The number of fused-ring (bicyclic) bond motifs is 1. The number of benzene rings is 1. The Kier molecular flexibility index (Phi) is 6.33. The lowest BCUT2D eigenvalue weighted by molar-refractivity contribution is -0.132. The highest BCUT2D eigenvalue weighted by Crippen LogP contribution is 2.24. The highest BCUT2D eigenvalue weighted by atomic mass is 35.5. The van der Waals surface area contributed by atoms with Crippen molar-refractivity contribution in [3.05, 3.63) is 47.8 Å². The molecule has 1 aromatic carbocycles. The van der Waals surface area contributed by atoms with E-state index >= 15 is 0 Å². The summed E-state index contributed by atoms with van der Waals surface area (Å²) in [7, 11) is 0. The Bertz CT molecular complexity index is 725. The number of para-hydroxylation sites is 1. The van der Waals surface area contributed by atoms with Gasteiger partial charge < -0.3 is 10.2 Å². The predicted octanol–water partition coefficient (Wildman–Crippen LogP) is 2.96. The van der Waals surface area contributed by atoms with Crippen molar-refractivity contribution in [2.45, 2.75) is 38.6 Å². The van der Waals surface area contributed by atoms with E-state index < -0.39 is 0 Å². The van der Waals surface area contributed by atoms with Gasteiger partial charge in [0.1, 0.15) is 0 Å². The number of carbonyl (C=O) groups is 1. The van der Waals surface area contributed by atoms with Crippen LogP contribution in [0.1, 0.15) is 36.9 Å². The fourth-order valence-electron chi connectivity index (χ4n) is 3.99. The Balaban J connectivity index is 0.00000196. The highest BCUT2D eigenvalue weighted by Gasteiger charge is 2.25. The molecule has 0 saturated carbocycles. The first kappa shape index (κ1) is 18.9. The van der Waals surface area contributed by atoms with Crippen LogP contribution < -0.4 is 5.32 Å². The molecule has 1 N–H and O–H groups in total. The molecule has 3 heterocycles. The second-order valence-electron chi connectivity index (χ2n) is 7.16. The molecule has 6 heteroatoms. The molecule has 0 atom stereocenters. The minimum Gasteiger partial charge on any atom is -0.338 e. The van der Waals surface area contributed by atoms with Crippen LogP contribution in [0.2, 0.25) is 0 Å². The molecule has 1 saturated heterocycles. The van der Waals surface area contributed by atoms with Crippen LogP contribution in [-0.4, -0.2) is 40.2 Å². The van der Waals surface area contributed by atoms with E-state index in [2.05, 4.69) is 22.5 Å². The van der Waals surface area contributed by atoms with Gasteiger partial charge in [0.05, 0.1) is 17.6 Å². The zero-order valence-electron chi connectivity index (χ0n) is 15.1. The average Bonchev–Trinajstić information content (AvgIpc) is 3.11. The van der Waals surface area contributed by atoms with E-state index in [1.54, 1.807) is 0 Å². The summed E-state index contributed by atoms with van der Waals surface area (Å²) in [5.41, 5.74) is 3.52. The average molecular weight is 375 g/mol. The number of aromatic nitrogens is 2. The third-order valence-electron chi connectivity index (χ3n) is 5.51. The van der Waals surface area contributed by atoms with Crippen LogP contribution in [0.15, 0.2) is 36.5 Å². The van der Waals surface area contributed by atoms with Crippen LogP contribution in [0.3, 0.4) is 0 Å². The van der Waals surface area contributed by atoms with E-state index in [1.807, 2.05) is 34.0 Å². The van der Waals surface area contributed by atoms with Gasteiger partial charge in [-0.2, -0.15) is 5.10 Å². The third kappa shape index (κ3) is 4.10. The van der Waals surface area contributed by atoms with Gasteiger partial charge in [-0.25, -0.2) is 4.68 Å². The van der Waals surface area contributed by atoms with E-state index in [-0.39, 0.29) is 12.4 Å². The maximum Gasteiger partial charge on any atom is 0.222 e. The van der Waals surface area contributed by atoms with Crippen molar-refractivity contribution in [3.8, 4) is 5.69 Å². The molecule has 2 aliphatic heterocycles. The van der Waals surface area contributed by atoms with E-state index in [0.29, 0.717) is 24.8 Å². The van der Waals surface area contributed by atoms with E-state index in [4.69, 9.17) is 0 Å². The van der Waals surface area contributed by atoms with Crippen LogP contribution in [0.25, 0.3) is 5.69 Å². The fraction of sp³-hybridized carbons (Fsp3) is 0.500. The fourth-order valence-corrected chi connectivity index (χ4v) is 3.99. The summed E-state index contributed by atoms with van der Waals surface area (Å²) in [6.07, 6.45) is 6.94. The monoisotopic (exact) mass is 374 g/mol. The Morgan fingerprint density at radius 1 is 1.19 bits per heavy atom. The van der Waals surface area contributed by atoms with Crippen LogP contribution >= 0.6 is 12.4 Å². The topological polar surface area (TPSA) is 50.2 Å². The van der Waals surface area contributed by atoms with Crippen molar-refractivity contribution in [1.29, 1.82) is 0 Å².